The lowest BCUT2D eigenvalue weighted by atomic mass is 10.1. The van der Waals surface area contributed by atoms with Crippen molar-refractivity contribution in [1.82, 2.24) is 4.98 Å². The molecule has 0 spiro atoms. The van der Waals surface area contributed by atoms with Gasteiger partial charge in [-0.3, -0.25) is 4.98 Å². The third-order valence-corrected chi connectivity index (χ3v) is 3.43. The summed E-state index contributed by atoms with van der Waals surface area (Å²) < 4.78 is 28.3. The van der Waals surface area contributed by atoms with Gasteiger partial charge >= 0.3 is 0 Å². The molecule has 2 aromatic rings. The fraction of sp³-hybridized carbons (Fsp3) is 0.278. The Hall–Kier alpha value is -2.27. The molecule has 0 aliphatic rings. The Labute approximate surface area is 133 Å². The highest BCUT2D eigenvalue weighted by Gasteiger charge is 2.14. The molecule has 2 rings (SSSR count). The quantitative estimate of drug-likeness (QED) is 0.781. The molecule has 23 heavy (non-hydrogen) atoms. The highest BCUT2D eigenvalue weighted by Crippen LogP contribution is 2.26. The van der Waals surface area contributed by atoms with Crippen LogP contribution in [-0.2, 0) is 0 Å². The van der Waals surface area contributed by atoms with Crippen molar-refractivity contribution in [3.05, 3.63) is 53.7 Å². The van der Waals surface area contributed by atoms with E-state index >= 15 is 0 Å². The summed E-state index contributed by atoms with van der Waals surface area (Å²) in [5.74, 6) is -1.93. The minimum atomic E-state index is -0.964. The number of aromatic hydroxyl groups is 1. The minimum Gasteiger partial charge on any atom is -0.506 e. The van der Waals surface area contributed by atoms with Crippen LogP contribution in [0, 0.1) is 11.6 Å². The predicted octanol–water partition coefficient (Wildman–Crippen LogP) is 4.30. The Balaban J connectivity index is 2.14. The fourth-order valence-electron chi connectivity index (χ4n) is 2.18. The summed E-state index contributed by atoms with van der Waals surface area (Å²) in [5, 5.41) is 18.3. The van der Waals surface area contributed by atoms with E-state index in [1.54, 1.807) is 13.0 Å². The van der Waals surface area contributed by atoms with Gasteiger partial charge in [-0.15, -0.1) is 0 Å². The second-order valence-electron chi connectivity index (χ2n) is 5.41. The summed E-state index contributed by atoms with van der Waals surface area (Å²) in [6.45, 7) is 1.72. The number of aliphatic hydroxyl groups is 1. The second-order valence-corrected chi connectivity index (χ2v) is 5.41. The van der Waals surface area contributed by atoms with Crippen LogP contribution in [0.4, 0.5) is 8.78 Å². The molecule has 1 aromatic carbocycles. The lowest BCUT2D eigenvalue weighted by molar-refractivity contribution is 0.182. The number of benzene rings is 1. The molecule has 0 aliphatic carbocycles. The SMILES string of the molecule is CC(O)CCC/C=C/c1ccc(-c2ccc(O)cn2)c(F)c1F. The average molecular weight is 319 g/mol. The van der Waals surface area contributed by atoms with Crippen molar-refractivity contribution in [3.63, 3.8) is 0 Å². The summed E-state index contributed by atoms with van der Waals surface area (Å²) in [5.41, 5.74) is 0.475. The van der Waals surface area contributed by atoms with Crippen LogP contribution in [0.15, 0.2) is 36.5 Å². The first-order valence-electron chi connectivity index (χ1n) is 7.47. The second kappa shape index (κ2) is 7.83. The van der Waals surface area contributed by atoms with Gasteiger partial charge in [0.15, 0.2) is 11.6 Å². The highest BCUT2D eigenvalue weighted by atomic mass is 19.2. The Morgan fingerprint density at radius 2 is 1.96 bits per heavy atom. The topological polar surface area (TPSA) is 53.4 Å². The van der Waals surface area contributed by atoms with Crippen LogP contribution in [0.25, 0.3) is 17.3 Å². The van der Waals surface area contributed by atoms with E-state index < -0.39 is 11.6 Å². The molecule has 1 heterocycles. The third kappa shape index (κ3) is 4.60. The smallest absolute Gasteiger partial charge is 0.168 e. The first-order valence-corrected chi connectivity index (χ1v) is 7.47. The Kier molecular flexibility index (Phi) is 5.82. The maximum Gasteiger partial charge on any atom is 0.168 e. The van der Waals surface area contributed by atoms with E-state index in [2.05, 4.69) is 4.98 Å². The highest BCUT2D eigenvalue weighted by molar-refractivity contribution is 5.64. The van der Waals surface area contributed by atoms with Crippen molar-refractivity contribution in [2.75, 3.05) is 0 Å². The van der Waals surface area contributed by atoms with E-state index in [0.717, 1.165) is 6.42 Å². The number of allylic oxidation sites excluding steroid dienone is 1. The fourth-order valence-corrected chi connectivity index (χ4v) is 2.18. The van der Waals surface area contributed by atoms with Crippen molar-refractivity contribution < 1.29 is 19.0 Å². The Morgan fingerprint density at radius 3 is 2.61 bits per heavy atom. The van der Waals surface area contributed by atoms with Gasteiger partial charge in [0.05, 0.1) is 18.0 Å². The molecule has 0 fully saturated rings. The number of hydrogen-bond acceptors (Lipinski definition) is 3. The van der Waals surface area contributed by atoms with E-state index in [1.165, 1.54) is 36.5 Å². The molecule has 1 unspecified atom stereocenters. The van der Waals surface area contributed by atoms with Gasteiger partial charge in [-0.1, -0.05) is 18.2 Å². The van der Waals surface area contributed by atoms with Crippen molar-refractivity contribution in [2.45, 2.75) is 32.3 Å². The van der Waals surface area contributed by atoms with E-state index in [9.17, 15) is 13.9 Å². The van der Waals surface area contributed by atoms with Gasteiger partial charge in [-0.2, -0.15) is 0 Å². The number of nitrogens with zero attached hydrogens (tertiary/aromatic N) is 1. The summed E-state index contributed by atoms with van der Waals surface area (Å²) in [4.78, 5) is 3.88. The van der Waals surface area contributed by atoms with Crippen LogP contribution >= 0.6 is 0 Å². The lowest BCUT2D eigenvalue weighted by Gasteiger charge is -2.06. The predicted molar refractivity (Wildman–Crippen MR) is 85.8 cm³/mol. The Morgan fingerprint density at radius 1 is 1.17 bits per heavy atom. The summed E-state index contributed by atoms with van der Waals surface area (Å²) in [6.07, 6.45) is 6.28. The molecule has 1 aromatic heterocycles. The monoisotopic (exact) mass is 319 g/mol. The molecule has 1 atom stereocenters. The number of hydrogen-bond donors (Lipinski definition) is 2. The zero-order valence-electron chi connectivity index (χ0n) is 12.8. The van der Waals surface area contributed by atoms with E-state index in [0.29, 0.717) is 12.8 Å². The molecule has 3 nitrogen and oxygen atoms in total. The molecule has 0 aliphatic heterocycles. The number of aliphatic hydroxyl groups excluding tert-OH is 1. The largest absolute Gasteiger partial charge is 0.506 e. The number of unbranched alkanes of at least 4 members (excludes halogenated alkanes) is 1. The van der Waals surface area contributed by atoms with Crippen LogP contribution in [0.3, 0.4) is 0 Å². The van der Waals surface area contributed by atoms with Crippen LogP contribution in [0.5, 0.6) is 5.75 Å². The number of aromatic nitrogens is 1. The van der Waals surface area contributed by atoms with Gasteiger partial charge in [0.2, 0.25) is 0 Å². The van der Waals surface area contributed by atoms with E-state index in [-0.39, 0.29) is 28.7 Å². The molecular formula is C18H19F2NO2. The van der Waals surface area contributed by atoms with Crippen LogP contribution < -0.4 is 0 Å². The molecule has 0 saturated carbocycles. The normalized spacial score (nSPS) is 12.7. The van der Waals surface area contributed by atoms with Gasteiger partial charge in [0, 0.05) is 11.1 Å². The van der Waals surface area contributed by atoms with Crippen LogP contribution in [0.1, 0.15) is 31.7 Å². The standard InChI is InChI=1S/C18H19F2NO2/c1-12(22)5-3-2-4-6-13-7-9-15(18(20)17(13)19)16-10-8-14(23)11-21-16/h4,6-12,22-23H,2-3,5H2,1H3/b6-4+. The van der Waals surface area contributed by atoms with Crippen LogP contribution in [0.2, 0.25) is 0 Å². The number of pyridine rings is 1. The molecule has 0 radical (unpaired) electrons. The number of halogens is 2. The molecule has 5 heteroatoms. The number of rotatable bonds is 6. The van der Waals surface area contributed by atoms with Crippen LogP contribution in [-0.4, -0.2) is 21.3 Å². The Bertz CT molecular complexity index is 682. The molecule has 122 valence electrons. The lowest BCUT2D eigenvalue weighted by Crippen LogP contribution is -1.97. The molecular weight excluding hydrogens is 300 g/mol. The molecule has 0 saturated heterocycles. The van der Waals surface area contributed by atoms with Crippen molar-refractivity contribution in [3.8, 4) is 17.0 Å². The van der Waals surface area contributed by atoms with Gasteiger partial charge < -0.3 is 10.2 Å². The van der Waals surface area contributed by atoms with Gasteiger partial charge in [0.1, 0.15) is 5.75 Å². The molecule has 2 N–H and O–H groups in total. The molecule has 0 bridgehead atoms. The van der Waals surface area contributed by atoms with Gasteiger partial charge in [0.25, 0.3) is 0 Å². The summed E-state index contributed by atoms with van der Waals surface area (Å²) in [6, 6.07) is 5.76. The maximum absolute atomic E-state index is 14.2. The minimum absolute atomic E-state index is 0.0358. The summed E-state index contributed by atoms with van der Waals surface area (Å²) in [7, 11) is 0. The van der Waals surface area contributed by atoms with Gasteiger partial charge in [-0.05, 0) is 44.4 Å². The summed E-state index contributed by atoms with van der Waals surface area (Å²) >= 11 is 0. The first kappa shape index (κ1) is 17.1. The average Bonchev–Trinajstić information content (AvgIpc) is 2.52. The van der Waals surface area contributed by atoms with Crippen molar-refractivity contribution in [1.29, 1.82) is 0 Å². The van der Waals surface area contributed by atoms with Crippen molar-refractivity contribution in [2.24, 2.45) is 0 Å². The zero-order chi connectivity index (χ0) is 16.8. The maximum atomic E-state index is 14.2. The molecule has 0 amide bonds. The van der Waals surface area contributed by atoms with Crippen molar-refractivity contribution >= 4 is 6.08 Å². The van der Waals surface area contributed by atoms with E-state index in [4.69, 9.17) is 5.11 Å². The van der Waals surface area contributed by atoms with E-state index in [1.807, 2.05) is 0 Å². The third-order valence-electron chi connectivity index (χ3n) is 3.43. The zero-order valence-corrected chi connectivity index (χ0v) is 12.8. The van der Waals surface area contributed by atoms with Gasteiger partial charge in [-0.25, -0.2) is 8.78 Å². The first-order chi connectivity index (χ1) is 11.0.